The number of non-ortho nitro benzene ring substituents is 1. The number of halogens is 1. The fourth-order valence-corrected chi connectivity index (χ4v) is 3.31. The van der Waals surface area contributed by atoms with Gasteiger partial charge in [-0.15, -0.1) is 0 Å². The van der Waals surface area contributed by atoms with E-state index in [1.165, 1.54) is 19.5 Å². The highest BCUT2D eigenvalue weighted by Crippen LogP contribution is 2.33. The molecular weight excluding hydrogens is 425 g/mol. The molecule has 2 aromatic heterocycles. The first-order chi connectivity index (χ1) is 15.3. The first-order valence-electron chi connectivity index (χ1n) is 9.43. The van der Waals surface area contributed by atoms with Crippen molar-refractivity contribution in [2.45, 2.75) is 19.4 Å². The van der Waals surface area contributed by atoms with Crippen LogP contribution in [0.15, 0.2) is 62.9 Å². The summed E-state index contributed by atoms with van der Waals surface area (Å²) in [5.41, 5.74) is -0.695. The van der Waals surface area contributed by atoms with Gasteiger partial charge in [0.2, 0.25) is 0 Å². The van der Waals surface area contributed by atoms with E-state index < -0.39 is 46.5 Å². The van der Waals surface area contributed by atoms with Crippen LogP contribution in [0.4, 0.5) is 10.1 Å². The van der Waals surface area contributed by atoms with Gasteiger partial charge in [-0.25, -0.2) is 14.2 Å². The molecule has 0 aliphatic carbocycles. The van der Waals surface area contributed by atoms with E-state index in [1.807, 2.05) is 0 Å². The Morgan fingerprint density at radius 2 is 2.03 bits per heavy atom. The largest absolute Gasteiger partial charge is 0.467 e. The maximum absolute atomic E-state index is 14.3. The molecule has 3 aromatic rings. The van der Waals surface area contributed by atoms with Crippen molar-refractivity contribution in [3.8, 4) is 0 Å². The van der Waals surface area contributed by atoms with Crippen molar-refractivity contribution in [3.05, 3.63) is 87.5 Å². The smallest absolute Gasteiger partial charge is 0.341 e. The molecule has 11 heteroatoms. The Balaban J connectivity index is 1.52. The molecule has 3 heterocycles. The highest BCUT2D eigenvalue weighted by molar-refractivity contribution is 6.01. The topological polar surface area (TPSA) is 128 Å². The molecule has 0 N–H and O–H groups in total. The number of nitrogens with zero attached hydrogens (tertiary/aromatic N) is 3. The number of aryl methyl sites for hydroxylation is 1. The van der Waals surface area contributed by atoms with Gasteiger partial charge in [-0.3, -0.25) is 14.9 Å². The zero-order valence-electron chi connectivity index (χ0n) is 16.7. The van der Waals surface area contributed by atoms with Gasteiger partial charge < -0.3 is 13.6 Å². The van der Waals surface area contributed by atoms with Gasteiger partial charge in [-0.1, -0.05) is 0 Å². The maximum Gasteiger partial charge on any atom is 0.341 e. The van der Waals surface area contributed by atoms with Gasteiger partial charge in [-0.05, 0) is 36.8 Å². The van der Waals surface area contributed by atoms with Gasteiger partial charge in [0, 0.05) is 18.6 Å². The Kier molecular flexibility index (Phi) is 5.54. The average Bonchev–Trinajstić information content (AvgIpc) is 3.53. The van der Waals surface area contributed by atoms with Gasteiger partial charge in [0.05, 0.1) is 17.4 Å². The molecule has 1 aliphatic rings. The molecule has 32 heavy (non-hydrogen) atoms. The van der Waals surface area contributed by atoms with E-state index in [1.54, 1.807) is 24.3 Å². The van der Waals surface area contributed by atoms with Gasteiger partial charge in [-0.2, -0.15) is 5.10 Å². The number of hydrogen-bond donors (Lipinski definition) is 0. The van der Waals surface area contributed by atoms with E-state index in [9.17, 15) is 24.1 Å². The van der Waals surface area contributed by atoms with Crippen molar-refractivity contribution in [2.75, 3.05) is 6.61 Å². The first kappa shape index (κ1) is 21.0. The second kappa shape index (κ2) is 8.46. The standard InChI is InChI=1S/C21H16FN3O7/c1-12-8-13(25(28)29)9-14(20(12)22)21(27)32-11-19(26)24-16(18-5-3-7-31-18)10-15(23-24)17-4-2-6-30-17/h2-9,16H,10-11H2,1H3/t16-/m0/s1. The molecule has 0 unspecified atom stereocenters. The van der Waals surface area contributed by atoms with Gasteiger partial charge in [0.25, 0.3) is 11.6 Å². The van der Waals surface area contributed by atoms with Crippen molar-refractivity contribution in [2.24, 2.45) is 5.10 Å². The van der Waals surface area contributed by atoms with Crippen LogP contribution in [0.25, 0.3) is 0 Å². The maximum atomic E-state index is 14.3. The zero-order valence-corrected chi connectivity index (χ0v) is 16.7. The number of carbonyl (C=O) groups is 2. The van der Waals surface area contributed by atoms with Crippen molar-refractivity contribution >= 4 is 23.3 Å². The predicted molar refractivity (Wildman–Crippen MR) is 106 cm³/mol. The fraction of sp³-hybridized carbons (Fsp3) is 0.190. The second-order valence-corrected chi connectivity index (χ2v) is 6.96. The molecule has 164 valence electrons. The van der Waals surface area contributed by atoms with Crippen LogP contribution in [-0.2, 0) is 9.53 Å². The van der Waals surface area contributed by atoms with Crippen LogP contribution < -0.4 is 0 Å². The molecule has 0 bridgehead atoms. The van der Waals surface area contributed by atoms with Gasteiger partial charge in [0.1, 0.15) is 34.7 Å². The highest BCUT2D eigenvalue weighted by atomic mass is 19.1. The lowest BCUT2D eigenvalue weighted by molar-refractivity contribution is -0.385. The summed E-state index contributed by atoms with van der Waals surface area (Å²) in [7, 11) is 0. The third kappa shape index (κ3) is 4.00. The molecule has 0 radical (unpaired) electrons. The summed E-state index contributed by atoms with van der Waals surface area (Å²) in [6, 6.07) is 7.90. The SMILES string of the molecule is Cc1cc([N+](=O)[O-])cc(C(=O)OCC(=O)N2N=C(c3ccco3)C[C@H]2c2ccco2)c1F. The van der Waals surface area contributed by atoms with E-state index in [0.29, 0.717) is 23.7 Å². The first-order valence-corrected chi connectivity index (χ1v) is 9.43. The third-order valence-corrected chi connectivity index (χ3v) is 4.84. The Morgan fingerprint density at radius 3 is 2.69 bits per heavy atom. The highest BCUT2D eigenvalue weighted by Gasteiger charge is 2.36. The minimum Gasteiger partial charge on any atom is -0.467 e. The Labute approximate surface area is 180 Å². The quantitative estimate of drug-likeness (QED) is 0.323. The summed E-state index contributed by atoms with van der Waals surface area (Å²) in [6.07, 6.45) is 3.23. The summed E-state index contributed by atoms with van der Waals surface area (Å²) in [5, 5.41) is 16.4. The van der Waals surface area contributed by atoms with E-state index in [2.05, 4.69) is 5.10 Å². The van der Waals surface area contributed by atoms with Gasteiger partial charge >= 0.3 is 5.97 Å². The second-order valence-electron chi connectivity index (χ2n) is 6.96. The Bertz CT molecular complexity index is 1200. The molecule has 0 saturated heterocycles. The predicted octanol–water partition coefficient (Wildman–Crippen LogP) is 3.76. The molecule has 1 aliphatic heterocycles. The van der Waals surface area contributed by atoms with E-state index >= 15 is 0 Å². The van der Waals surface area contributed by atoms with Crippen molar-refractivity contribution < 1.29 is 32.5 Å². The molecule has 1 atom stereocenters. The summed E-state index contributed by atoms with van der Waals surface area (Å²) >= 11 is 0. The van der Waals surface area contributed by atoms with Crippen LogP contribution >= 0.6 is 0 Å². The van der Waals surface area contributed by atoms with Crippen molar-refractivity contribution in [1.82, 2.24) is 5.01 Å². The number of hydrazone groups is 1. The number of rotatable bonds is 6. The normalized spacial score (nSPS) is 15.5. The number of amides is 1. The fourth-order valence-electron chi connectivity index (χ4n) is 3.31. The number of nitro benzene ring substituents is 1. The van der Waals surface area contributed by atoms with E-state index in [4.69, 9.17) is 13.6 Å². The summed E-state index contributed by atoms with van der Waals surface area (Å²) in [4.78, 5) is 35.4. The lowest BCUT2D eigenvalue weighted by Crippen LogP contribution is -2.31. The minimum atomic E-state index is -1.20. The average molecular weight is 441 g/mol. The molecule has 0 spiro atoms. The zero-order chi connectivity index (χ0) is 22.8. The van der Waals surface area contributed by atoms with E-state index in [-0.39, 0.29) is 5.56 Å². The van der Waals surface area contributed by atoms with Crippen LogP contribution in [0.2, 0.25) is 0 Å². The number of ether oxygens (including phenoxy) is 1. The van der Waals surface area contributed by atoms with Crippen molar-refractivity contribution in [3.63, 3.8) is 0 Å². The Hall–Kier alpha value is -4.28. The molecule has 0 saturated carbocycles. The number of nitro groups is 1. The number of hydrogen-bond acceptors (Lipinski definition) is 8. The summed E-state index contributed by atoms with van der Waals surface area (Å²) in [5.74, 6) is -1.91. The molecule has 4 rings (SSSR count). The molecular formula is C21H16FN3O7. The lowest BCUT2D eigenvalue weighted by Gasteiger charge is -2.19. The van der Waals surface area contributed by atoms with Crippen LogP contribution in [0.1, 0.15) is 39.9 Å². The lowest BCUT2D eigenvalue weighted by atomic mass is 10.1. The number of benzene rings is 1. The number of furan rings is 2. The molecule has 1 amide bonds. The molecule has 0 fully saturated rings. The monoisotopic (exact) mass is 441 g/mol. The van der Waals surface area contributed by atoms with Crippen LogP contribution in [0.5, 0.6) is 0 Å². The Morgan fingerprint density at radius 1 is 1.28 bits per heavy atom. The molecule has 1 aromatic carbocycles. The molecule has 10 nitrogen and oxygen atoms in total. The van der Waals surface area contributed by atoms with Gasteiger partial charge in [0.15, 0.2) is 6.61 Å². The van der Waals surface area contributed by atoms with Crippen molar-refractivity contribution in [1.29, 1.82) is 0 Å². The third-order valence-electron chi connectivity index (χ3n) is 4.84. The van der Waals surface area contributed by atoms with Crippen LogP contribution in [-0.4, -0.2) is 34.1 Å². The summed E-state index contributed by atoms with van der Waals surface area (Å²) in [6.45, 7) is 0.527. The number of esters is 1. The summed E-state index contributed by atoms with van der Waals surface area (Å²) < 4.78 is 30.0. The van der Waals surface area contributed by atoms with Crippen LogP contribution in [0, 0.1) is 22.9 Å². The minimum absolute atomic E-state index is 0.0948. The van der Waals surface area contributed by atoms with E-state index in [0.717, 1.165) is 17.1 Å². The number of carbonyl (C=O) groups excluding carboxylic acids is 2. The van der Waals surface area contributed by atoms with Crippen LogP contribution in [0.3, 0.4) is 0 Å².